The van der Waals surface area contributed by atoms with Crippen LogP contribution in [-0.4, -0.2) is 68.2 Å². The van der Waals surface area contributed by atoms with Gasteiger partial charge in [-0.25, -0.2) is 4.79 Å². The van der Waals surface area contributed by atoms with E-state index < -0.39 is 12.1 Å². The predicted octanol–water partition coefficient (Wildman–Crippen LogP) is 3.29. The van der Waals surface area contributed by atoms with E-state index in [1.807, 2.05) is 13.0 Å². The first-order valence-electron chi connectivity index (χ1n) is 10.4. The summed E-state index contributed by atoms with van der Waals surface area (Å²) in [6.45, 7) is 3.53. The zero-order valence-electron chi connectivity index (χ0n) is 17.6. The molecule has 166 valence electrons. The van der Waals surface area contributed by atoms with Crippen molar-refractivity contribution in [3.05, 3.63) is 59.6 Å². The highest BCUT2D eigenvalue weighted by Crippen LogP contribution is 2.20. The maximum atomic E-state index is 13.1. The summed E-state index contributed by atoms with van der Waals surface area (Å²) < 4.78 is 5.38. The van der Waals surface area contributed by atoms with Gasteiger partial charge in [0.25, 0.3) is 0 Å². The van der Waals surface area contributed by atoms with Gasteiger partial charge in [0.2, 0.25) is 11.7 Å². The molecule has 1 atom stereocenters. The van der Waals surface area contributed by atoms with E-state index in [1.54, 1.807) is 58.3 Å². The highest BCUT2D eigenvalue weighted by Gasteiger charge is 2.31. The van der Waals surface area contributed by atoms with Gasteiger partial charge in [-0.15, -0.1) is 10.2 Å². The Balaban J connectivity index is 1.36. The summed E-state index contributed by atoms with van der Waals surface area (Å²) in [5.74, 6) is 0.834. The average molecular weight is 455 g/mol. The van der Waals surface area contributed by atoms with Crippen LogP contribution in [0.1, 0.15) is 19.4 Å². The SMILES string of the molecule is CC[C@H](C(=O)N1CCN(C(=O)Oc2ccccc2)CC1)n1nnc(-c2ccc(Cl)cc2)n1. The molecule has 3 aromatic rings. The number of carbonyl (C=O) groups excluding carboxylic acids is 2. The van der Waals surface area contributed by atoms with Crippen LogP contribution in [0.15, 0.2) is 54.6 Å². The number of hydrogen-bond donors (Lipinski definition) is 0. The second-order valence-corrected chi connectivity index (χ2v) is 7.79. The Hall–Kier alpha value is -3.46. The van der Waals surface area contributed by atoms with E-state index in [-0.39, 0.29) is 5.91 Å². The molecular formula is C22H23ClN6O3. The minimum atomic E-state index is -0.564. The van der Waals surface area contributed by atoms with Crippen molar-refractivity contribution in [2.75, 3.05) is 26.2 Å². The summed E-state index contributed by atoms with van der Waals surface area (Å²) in [6.07, 6.45) is 0.104. The van der Waals surface area contributed by atoms with E-state index in [9.17, 15) is 9.59 Å². The van der Waals surface area contributed by atoms with E-state index in [4.69, 9.17) is 16.3 Å². The van der Waals surface area contributed by atoms with Gasteiger partial charge >= 0.3 is 6.09 Å². The molecule has 10 heteroatoms. The summed E-state index contributed by atoms with van der Waals surface area (Å²) in [5, 5.41) is 13.2. The van der Waals surface area contributed by atoms with Crippen LogP contribution in [0.4, 0.5) is 4.79 Å². The van der Waals surface area contributed by atoms with Gasteiger partial charge in [0.05, 0.1) is 0 Å². The summed E-state index contributed by atoms with van der Waals surface area (Å²) in [5.41, 5.74) is 0.772. The third kappa shape index (κ3) is 4.88. The monoisotopic (exact) mass is 454 g/mol. The van der Waals surface area contributed by atoms with Crippen molar-refractivity contribution in [1.29, 1.82) is 0 Å². The Morgan fingerprint density at radius 3 is 2.31 bits per heavy atom. The largest absolute Gasteiger partial charge is 0.415 e. The van der Waals surface area contributed by atoms with Gasteiger partial charge in [0.15, 0.2) is 6.04 Å². The molecule has 0 spiro atoms. The fraction of sp³-hybridized carbons (Fsp3) is 0.318. The third-order valence-electron chi connectivity index (χ3n) is 5.28. The lowest BCUT2D eigenvalue weighted by Crippen LogP contribution is -2.52. The highest BCUT2D eigenvalue weighted by atomic mass is 35.5. The number of benzene rings is 2. The van der Waals surface area contributed by atoms with E-state index >= 15 is 0 Å². The van der Waals surface area contributed by atoms with Crippen LogP contribution in [0.25, 0.3) is 11.4 Å². The molecule has 4 rings (SSSR count). The molecule has 2 heterocycles. The zero-order valence-corrected chi connectivity index (χ0v) is 18.4. The van der Waals surface area contributed by atoms with Crippen LogP contribution in [-0.2, 0) is 4.79 Å². The fourth-order valence-electron chi connectivity index (χ4n) is 3.48. The topological polar surface area (TPSA) is 93.5 Å². The Bertz CT molecular complexity index is 1060. The van der Waals surface area contributed by atoms with Crippen molar-refractivity contribution < 1.29 is 14.3 Å². The molecule has 1 saturated heterocycles. The number of hydrogen-bond acceptors (Lipinski definition) is 6. The predicted molar refractivity (Wildman–Crippen MR) is 118 cm³/mol. The molecule has 1 aliphatic rings. The lowest BCUT2D eigenvalue weighted by molar-refractivity contribution is -0.137. The summed E-state index contributed by atoms with van der Waals surface area (Å²) >= 11 is 5.93. The number of carbonyl (C=O) groups is 2. The number of nitrogens with zero attached hydrogens (tertiary/aromatic N) is 6. The number of piperazine rings is 1. The van der Waals surface area contributed by atoms with Crippen molar-refractivity contribution in [2.24, 2.45) is 0 Å². The van der Waals surface area contributed by atoms with E-state index in [0.29, 0.717) is 49.2 Å². The van der Waals surface area contributed by atoms with Gasteiger partial charge in [-0.1, -0.05) is 36.7 Å². The molecule has 9 nitrogen and oxygen atoms in total. The number of tetrazole rings is 1. The minimum absolute atomic E-state index is 0.0939. The summed E-state index contributed by atoms with van der Waals surface area (Å²) in [4.78, 5) is 30.2. The molecule has 1 aromatic heterocycles. The van der Waals surface area contributed by atoms with Crippen LogP contribution < -0.4 is 4.74 Å². The molecule has 1 fully saturated rings. The molecule has 0 N–H and O–H groups in total. The first-order chi connectivity index (χ1) is 15.5. The van der Waals surface area contributed by atoms with Crippen molar-refractivity contribution in [1.82, 2.24) is 30.0 Å². The number of halogens is 1. The fourth-order valence-corrected chi connectivity index (χ4v) is 3.61. The molecular weight excluding hydrogens is 432 g/mol. The third-order valence-corrected chi connectivity index (χ3v) is 5.53. The Labute approximate surface area is 190 Å². The molecule has 1 aliphatic heterocycles. The van der Waals surface area contributed by atoms with Crippen molar-refractivity contribution in [2.45, 2.75) is 19.4 Å². The van der Waals surface area contributed by atoms with Crippen molar-refractivity contribution in [3.63, 3.8) is 0 Å². The van der Waals surface area contributed by atoms with E-state index in [0.717, 1.165) is 5.56 Å². The lowest BCUT2D eigenvalue weighted by atomic mass is 10.2. The molecule has 0 aliphatic carbocycles. The Morgan fingerprint density at radius 1 is 1.00 bits per heavy atom. The lowest BCUT2D eigenvalue weighted by Gasteiger charge is -2.35. The first-order valence-corrected chi connectivity index (χ1v) is 10.8. The van der Waals surface area contributed by atoms with Gasteiger partial charge in [-0.3, -0.25) is 4.79 Å². The maximum absolute atomic E-state index is 13.1. The molecule has 2 amide bonds. The van der Waals surface area contributed by atoms with Gasteiger partial charge < -0.3 is 14.5 Å². The molecule has 0 saturated carbocycles. The number of ether oxygens (including phenoxy) is 1. The van der Waals surface area contributed by atoms with E-state index in [2.05, 4.69) is 15.4 Å². The smallest absolute Gasteiger partial charge is 0.410 e. The first kappa shape index (κ1) is 21.8. The Morgan fingerprint density at radius 2 is 1.66 bits per heavy atom. The zero-order chi connectivity index (χ0) is 22.5. The van der Waals surface area contributed by atoms with Crippen molar-refractivity contribution >= 4 is 23.6 Å². The second-order valence-electron chi connectivity index (χ2n) is 7.36. The number of para-hydroxylation sites is 1. The second kappa shape index (κ2) is 9.78. The molecule has 0 radical (unpaired) electrons. The van der Waals surface area contributed by atoms with Gasteiger partial charge in [0, 0.05) is 36.8 Å². The maximum Gasteiger partial charge on any atom is 0.415 e. The van der Waals surface area contributed by atoms with Gasteiger partial charge in [-0.05, 0) is 48.0 Å². The van der Waals surface area contributed by atoms with Crippen LogP contribution in [0, 0.1) is 0 Å². The minimum Gasteiger partial charge on any atom is -0.410 e. The van der Waals surface area contributed by atoms with Crippen LogP contribution >= 0.6 is 11.6 Å². The Kier molecular flexibility index (Phi) is 6.65. The van der Waals surface area contributed by atoms with E-state index in [1.165, 1.54) is 4.80 Å². The summed E-state index contributed by atoms with van der Waals surface area (Å²) in [6, 6.07) is 15.5. The molecule has 32 heavy (non-hydrogen) atoms. The standard InChI is InChI=1S/C22H23ClN6O3/c1-2-19(29-25-20(24-26-29)16-8-10-17(23)11-9-16)21(30)27-12-14-28(15-13-27)22(31)32-18-6-4-3-5-7-18/h3-11,19H,2,12-15H2,1H3/t19-/m1/s1. The average Bonchev–Trinajstić information content (AvgIpc) is 3.30. The summed E-state index contributed by atoms with van der Waals surface area (Å²) in [7, 11) is 0. The quantitative estimate of drug-likeness (QED) is 0.587. The van der Waals surface area contributed by atoms with Crippen LogP contribution in [0.2, 0.25) is 5.02 Å². The normalized spacial score (nSPS) is 14.8. The number of rotatable bonds is 5. The van der Waals surface area contributed by atoms with Gasteiger partial charge in [0.1, 0.15) is 5.75 Å². The highest BCUT2D eigenvalue weighted by molar-refractivity contribution is 6.30. The number of amides is 2. The van der Waals surface area contributed by atoms with Crippen molar-refractivity contribution in [3.8, 4) is 17.1 Å². The number of aromatic nitrogens is 4. The molecule has 0 unspecified atom stereocenters. The van der Waals surface area contributed by atoms with Crippen LogP contribution in [0.3, 0.4) is 0 Å². The molecule has 2 aromatic carbocycles. The van der Waals surface area contributed by atoms with Gasteiger partial charge in [-0.2, -0.15) is 4.80 Å². The molecule has 0 bridgehead atoms. The van der Waals surface area contributed by atoms with Crippen LogP contribution in [0.5, 0.6) is 5.75 Å².